The molecule has 0 radical (unpaired) electrons. The number of carbonyl (C=O) groups excluding carboxylic acids is 1. The Morgan fingerprint density at radius 1 is 1.39 bits per heavy atom. The molecule has 4 nitrogen and oxygen atoms in total. The molecule has 0 N–H and O–H groups in total. The van der Waals surface area contributed by atoms with Crippen LogP contribution in [0.5, 0.6) is 0 Å². The zero-order chi connectivity index (χ0) is 13.1. The van der Waals surface area contributed by atoms with Gasteiger partial charge in [-0.05, 0) is 19.4 Å². The summed E-state index contributed by atoms with van der Waals surface area (Å²) in [5.41, 5.74) is 2.99. The van der Waals surface area contributed by atoms with E-state index in [4.69, 9.17) is 0 Å². The number of ketones is 1. The number of Topliss-reactive ketones (excluding diaryl/α,β-unsaturated/α-hetero) is 1. The highest BCUT2D eigenvalue weighted by Crippen LogP contribution is 2.18. The minimum atomic E-state index is 0.125. The third-order valence-corrected chi connectivity index (χ3v) is 3.72. The molecule has 94 valence electrons. The fourth-order valence-electron chi connectivity index (χ4n) is 1.74. The summed E-state index contributed by atoms with van der Waals surface area (Å²) in [6, 6.07) is 5.89. The van der Waals surface area contributed by atoms with E-state index in [2.05, 4.69) is 10.2 Å². The fraction of sp³-hybridized carbons (Fsp3) is 0.308. The number of benzene rings is 1. The van der Waals surface area contributed by atoms with Crippen LogP contribution in [0.4, 0.5) is 0 Å². The SMILES string of the molecule is Cc1ccc(C(=O)CSc2nncn2C)c(C)c1. The number of hydrogen-bond acceptors (Lipinski definition) is 4. The Bertz CT molecular complexity index is 577. The van der Waals surface area contributed by atoms with Crippen LogP contribution < -0.4 is 0 Å². The van der Waals surface area contributed by atoms with Crippen LogP contribution in [0.25, 0.3) is 0 Å². The average molecular weight is 261 g/mol. The van der Waals surface area contributed by atoms with Crippen LogP contribution in [-0.2, 0) is 7.05 Å². The van der Waals surface area contributed by atoms with Gasteiger partial charge in [0.15, 0.2) is 10.9 Å². The molecule has 0 bridgehead atoms. The second-order valence-electron chi connectivity index (χ2n) is 4.25. The highest BCUT2D eigenvalue weighted by Gasteiger charge is 2.11. The maximum absolute atomic E-state index is 12.1. The summed E-state index contributed by atoms with van der Waals surface area (Å²) in [4.78, 5) is 12.1. The molecule has 0 aliphatic heterocycles. The molecule has 0 saturated carbocycles. The van der Waals surface area contributed by atoms with Crippen LogP contribution in [0, 0.1) is 13.8 Å². The molecule has 0 spiro atoms. The Labute approximate surface area is 110 Å². The van der Waals surface area contributed by atoms with Gasteiger partial charge in [0, 0.05) is 12.6 Å². The minimum absolute atomic E-state index is 0.125. The van der Waals surface area contributed by atoms with Crippen LogP contribution >= 0.6 is 11.8 Å². The van der Waals surface area contributed by atoms with Gasteiger partial charge in [-0.25, -0.2) is 0 Å². The standard InChI is InChI=1S/C13H15N3OS/c1-9-4-5-11(10(2)6-9)12(17)7-18-13-15-14-8-16(13)3/h4-6,8H,7H2,1-3H3. The Morgan fingerprint density at radius 2 is 2.17 bits per heavy atom. The minimum Gasteiger partial charge on any atom is -0.312 e. The van der Waals surface area contributed by atoms with Crippen molar-refractivity contribution in [2.45, 2.75) is 19.0 Å². The quantitative estimate of drug-likeness (QED) is 0.626. The number of hydrogen-bond donors (Lipinski definition) is 0. The Morgan fingerprint density at radius 3 is 2.78 bits per heavy atom. The van der Waals surface area contributed by atoms with E-state index in [-0.39, 0.29) is 5.78 Å². The van der Waals surface area contributed by atoms with Gasteiger partial charge < -0.3 is 4.57 Å². The summed E-state index contributed by atoms with van der Waals surface area (Å²) in [5.74, 6) is 0.511. The lowest BCUT2D eigenvalue weighted by Gasteiger charge is -2.05. The smallest absolute Gasteiger partial charge is 0.191 e. The maximum Gasteiger partial charge on any atom is 0.191 e. The molecule has 0 fully saturated rings. The van der Waals surface area contributed by atoms with Crippen LogP contribution in [0.1, 0.15) is 21.5 Å². The number of aryl methyl sites for hydroxylation is 3. The van der Waals surface area contributed by atoms with Crippen LogP contribution in [0.2, 0.25) is 0 Å². The van der Waals surface area contributed by atoms with Gasteiger partial charge in [0.25, 0.3) is 0 Å². The molecule has 0 amide bonds. The van der Waals surface area contributed by atoms with Crippen molar-refractivity contribution in [2.75, 3.05) is 5.75 Å². The van der Waals surface area contributed by atoms with E-state index in [1.807, 2.05) is 39.1 Å². The number of aromatic nitrogens is 3. The van der Waals surface area contributed by atoms with Gasteiger partial charge >= 0.3 is 0 Å². The lowest BCUT2D eigenvalue weighted by molar-refractivity contribution is 0.102. The van der Waals surface area contributed by atoms with E-state index < -0.39 is 0 Å². The molecule has 5 heteroatoms. The molecular formula is C13H15N3OS. The number of nitrogens with zero attached hydrogens (tertiary/aromatic N) is 3. The maximum atomic E-state index is 12.1. The van der Waals surface area contributed by atoms with Crippen molar-refractivity contribution in [3.8, 4) is 0 Å². The normalized spacial score (nSPS) is 10.6. The van der Waals surface area contributed by atoms with Crippen molar-refractivity contribution < 1.29 is 4.79 Å². The van der Waals surface area contributed by atoms with E-state index in [0.717, 1.165) is 16.3 Å². The van der Waals surface area contributed by atoms with Crippen molar-refractivity contribution >= 4 is 17.5 Å². The molecule has 0 atom stereocenters. The highest BCUT2D eigenvalue weighted by molar-refractivity contribution is 7.99. The molecule has 0 aliphatic rings. The van der Waals surface area contributed by atoms with E-state index in [1.165, 1.54) is 17.3 Å². The summed E-state index contributed by atoms with van der Waals surface area (Å²) in [7, 11) is 1.87. The third-order valence-electron chi connectivity index (χ3n) is 2.68. The summed E-state index contributed by atoms with van der Waals surface area (Å²) in [5, 5.41) is 8.48. The Kier molecular flexibility index (Phi) is 3.81. The molecule has 2 aromatic rings. The van der Waals surface area contributed by atoms with Crippen molar-refractivity contribution in [1.29, 1.82) is 0 Å². The van der Waals surface area contributed by atoms with Crippen molar-refractivity contribution in [3.05, 3.63) is 41.2 Å². The fourth-order valence-corrected chi connectivity index (χ4v) is 2.51. The molecule has 2 rings (SSSR count). The van der Waals surface area contributed by atoms with Crippen molar-refractivity contribution in [2.24, 2.45) is 7.05 Å². The van der Waals surface area contributed by atoms with Crippen LogP contribution in [0.3, 0.4) is 0 Å². The van der Waals surface area contributed by atoms with Crippen LogP contribution in [-0.4, -0.2) is 26.3 Å². The van der Waals surface area contributed by atoms with Crippen molar-refractivity contribution in [1.82, 2.24) is 14.8 Å². The summed E-state index contributed by atoms with van der Waals surface area (Å²) >= 11 is 1.41. The van der Waals surface area contributed by atoms with Gasteiger partial charge in [0.1, 0.15) is 6.33 Å². The first-order valence-electron chi connectivity index (χ1n) is 5.65. The lowest BCUT2D eigenvalue weighted by atomic mass is 10.0. The summed E-state index contributed by atoms with van der Waals surface area (Å²) < 4.78 is 1.81. The zero-order valence-electron chi connectivity index (χ0n) is 10.7. The van der Waals surface area contributed by atoms with Crippen molar-refractivity contribution in [3.63, 3.8) is 0 Å². The monoisotopic (exact) mass is 261 g/mol. The third kappa shape index (κ3) is 2.79. The van der Waals surface area contributed by atoms with Gasteiger partial charge in [-0.15, -0.1) is 10.2 Å². The van der Waals surface area contributed by atoms with Gasteiger partial charge in [-0.3, -0.25) is 4.79 Å². The summed E-state index contributed by atoms with van der Waals surface area (Å²) in [6.07, 6.45) is 1.63. The van der Waals surface area contributed by atoms with E-state index in [0.29, 0.717) is 5.75 Å². The first kappa shape index (κ1) is 12.8. The molecule has 0 unspecified atom stereocenters. The highest BCUT2D eigenvalue weighted by atomic mass is 32.2. The largest absolute Gasteiger partial charge is 0.312 e. The number of thioether (sulfide) groups is 1. The van der Waals surface area contributed by atoms with Gasteiger partial charge in [0.05, 0.1) is 5.75 Å². The van der Waals surface area contributed by atoms with E-state index in [1.54, 1.807) is 10.9 Å². The predicted molar refractivity (Wildman–Crippen MR) is 72.0 cm³/mol. The lowest BCUT2D eigenvalue weighted by Crippen LogP contribution is -2.05. The Hall–Kier alpha value is -1.62. The van der Waals surface area contributed by atoms with Gasteiger partial charge in [0.2, 0.25) is 0 Å². The number of carbonyl (C=O) groups is 1. The van der Waals surface area contributed by atoms with Crippen LogP contribution in [0.15, 0.2) is 29.7 Å². The molecule has 1 aromatic heterocycles. The van der Waals surface area contributed by atoms with Gasteiger partial charge in [-0.1, -0.05) is 35.5 Å². The second kappa shape index (κ2) is 5.35. The molecule has 0 saturated heterocycles. The summed E-state index contributed by atoms with van der Waals surface area (Å²) in [6.45, 7) is 3.99. The molecule has 1 heterocycles. The topological polar surface area (TPSA) is 47.8 Å². The molecule has 18 heavy (non-hydrogen) atoms. The zero-order valence-corrected chi connectivity index (χ0v) is 11.5. The van der Waals surface area contributed by atoms with Gasteiger partial charge in [-0.2, -0.15) is 0 Å². The first-order chi connectivity index (χ1) is 8.58. The number of rotatable bonds is 4. The molecule has 1 aromatic carbocycles. The first-order valence-corrected chi connectivity index (χ1v) is 6.63. The predicted octanol–water partition coefficient (Wildman–Crippen LogP) is 2.41. The average Bonchev–Trinajstić information content (AvgIpc) is 2.72. The molecular weight excluding hydrogens is 246 g/mol. The Balaban J connectivity index is 2.06. The second-order valence-corrected chi connectivity index (χ2v) is 5.20. The van der Waals surface area contributed by atoms with E-state index in [9.17, 15) is 4.79 Å². The van der Waals surface area contributed by atoms with E-state index >= 15 is 0 Å². The molecule has 0 aliphatic carbocycles.